The molecule has 0 fully saturated rings. The first-order valence-electron chi connectivity index (χ1n) is 5.22. The van der Waals surface area contributed by atoms with Crippen molar-refractivity contribution in [2.75, 3.05) is 18.2 Å². The summed E-state index contributed by atoms with van der Waals surface area (Å²) in [6, 6.07) is 9.44. The zero-order valence-electron chi connectivity index (χ0n) is 9.55. The molecular formula is C12H14N4O. The maximum Gasteiger partial charge on any atom is 0.218 e. The fourth-order valence-corrected chi connectivity index (χ4v) is 1.38. The summed E-state index contributed by atoms with van der Waals surface area (Å²) in [5, 5.41) is 3.18. The van der Waals surface area contributed by atoms with Crippen molar-refractivity contribution in [3.05, 3.63) is 42.2 Å². The quantitative estimate of drug-likeness (QED) is 0.782. The summed E-state index contributed by atoms with van der Waals surface area (Å²) in [7, 11) is 1.58. The lowest BCUT2D eigenvalue weighted by molar-refractivity contribution is 0.397. The SMILES string of the molecule is COc1cc(NCc2ccc(N)cc2)ncn1. The second-order valence-corrected chi connectivity index (χ2v) is 3.54. The van der Waals surface area contributed by atoms with E-state index in [1.165, 1.54) is 6.33 Å². The molecule has 0 aliphatic rings. The highest BCUT2D eigenvalue weighted by Crippen LogP contribution is 2.12. The molecule has 0 saturated carbocycles. The Morgan fingerprint density at radius 2 is 2.00 bits per heavy atom. The Kier molecular flexibility index (Phi) is 3.40. The van der Waals surface area contributed by atoms with Gasteiger partial charge in [-0.2, -0.15) is 0 Å². The van der Waals surface area contributed by atoms with Crippen LogP contribution in [0, 0.1) is 0 Å². The van der Waals surface area contributed by atoms with Crippen LogP contribution in [0.5, 0.6) is 5.88 Å². The predicted molar refractivity (Wildman–Crippen MR) is 66.8 cm³/mol. The maximum absolute atomic E-state index is 5.61. The molecule has 5 heteroatoms. The molecule has 2 rings (SSSR count). The Labute approximate surface area is 99.7 Å². The van der Waals surface area contributed by atoms with Gasteiger partial charge in [0.15, 0.2) is 0 Å². The smallest absolute Gasteiger partial charge is 0.218 e. The van der Waals surface area contributed by atoms with E-state index in [4.69, 9.17) is 10.5 Å². The Hall–Kier alpha value is -2.30. The third-order valence-corrected chi connectivity index (χ3v) is 2.30. The highest BCUT2D eigenvalue weighted by atomic mass is 16.5. The molecule has 0 saturated heterocycles. The standard InChI is InChI=1S/C12H14N4O/c1-17-12-6-11(15-8-16-12)14-7-9-2-4-10(13)5-3-9/h2-6,8H,7,13H2,1H3,(H,14,15,16). The molecular weight excluding hydrogens is 216 g/mol. The first kappa shape index (κ1) is 11.2. The second-order valence-electron chi connectivity index (χ2n) is 3.54. The van der Waals surface area contributed by atoms with Crippen LogP contribution in [0.25, 0.3) is 0 Å². The van der Waals surface area contributed by atoms with E-state index in [1.807, 2.05) is 24.3 Å². The number of aromatic nitrogens is 2. The lowest BCUT2D eigenvalue weighted by Crippen LogP contribution is -2.02. The molecule has 0 atom stereocenters. The second kappa shape index (κ2) is 5.16. The minimum Gasteiger partial charge on any atom is -0.481 e. The fraction of sp³-hybridized carbons (Fsp3) is 0.167. The number of rotatable bonds is 4. The van der Waals surface area contributed by atoms with Gasteiger partial charge in [0.25, 0.3) is 0 Å². The van der Waals surface area contributed by atoms with E-state index in [2.05, 4.69) is 15.3 Å². The van der Waals surface area contributed by atoms with Crippen molar-refractivity contribution < 1.29 is 4.74 Å². The van der Waals surface area contributed by atoms with E-state index in [0.29, 0.717) is 12.4 Å². The highest BCUT2D eigenvalue weighted by molar-refractivity contribution is 5.42. The molecule has 1 heterocycles. The van der Waals surface area contributed by atoms with Crippen molar-refractivity contribution in [3.63, 3.8) is 0 Å². The van der Waals surface area contributed by atoms with Gasteiger partial charge in [-0.25, -0.2) is 9.97 Å². The zero-order valence-corrected chi connectivity index (χ0v) is 9.55. The molecule has 0 bridgehead atoms. The monoisotopic (exact) mass is 230 g/mol. The number of hydrogen-bond donors (Lipinski definition) is 2. The van der Waals surface area contributed by atoms with Crippen molar-refractivity contribution in [3.8, 4) is 5.88 Å². The van der Waals surface area contributed by atoms with Gasteiger partial charge in [-0.3, -0.25) is 0 Å². The molecule has 5 nitrogen and oxygen atoms in total. The van der Waals surface area contributed by atoms with Crippen molar-refractivity contribution >= 4 is 11.5 Å². The van der Waals surface area contributed by atoms with E-state index in [-0.39, 0.29) is 0 Å². The molecule has 0 radical (unpaired) electrons. The van der Waals surface area contributed by atoms with Gasteiger partial charge >= 0.3 is 0 Å². The summed E-state index contributed by atoms with van der Waals surface area (Å²) < 4.78 is 5.01. The summed E-state index contributed by atoms with van der Waals surface area (Å²) >= 11 is 0. The fourth-order valence-electron chi connectivity index (χ4n) is 1.38. The van der Waals surface area contributed by atoms with Gasteiger partial charge in [0, 0.05) is 18.3 Å². The number of nitrogens with one attached hydrogen (secondary N) is 1. The summed E-state index contributed by atoms with van der Waals surface area (Å²) in [6.45, 7) is 0.681. The molecule has 0 amide bonds. The third kappa shape index (κ3) is 3.07. The van der Waals surface area contributed by atoms with Crippen LogP contribution >= 0.6 is 0 Å². The normalized spacial score (nSPS) is 9.94. The first-order valence-corrected chi connectivity index (χ1v) is 5.22. The van der Waals surface area contributed by atoms with Crippen LogP contribution in [0.2, 0.25) is 0 Å². The van der Waals surface area contributed by atoms with Gasteiger partial charge in [0.1, 0.15) is 12.1 Å². The number of nitrogens with two attached hydrogens (primary N) is 1. The van der Waals surface area contributed by atoms with E-state index >= 15 is 0 Å². The minimum absolute atomic E-state index is 0.541. The topological polar surface area (TPSA) is 73.1 Å². The molecule has 1 aromatic heterocycles. The van der Waals surface area contributed by atoms with E-state index < -0.39 is 0 Å². The number of ether oxygens (including phenoxy) is 1. The van der Waals surface area contributed by atoms with E-state index in [0.717, 1.165) is 17.1 Å². The van der Waals surface area contributed by atoms with Crippen molar-refractivity contribution in [1.82, 2.24) is 9.97 Å². The zero-order chi connectivity index (χ0) is 12.1. The van der Waals surface area contributed by atoms with Gasteiger partial charge in [0.05, 0.1) is 7.11 Å². The van der Waals surface area contributed by atoms with Crippen LogP contribution in [0.4, 0.5) is 11.5 Å². The molecule has 17 heavy (non-hydrogen) atoms. The Bertz CT molecular complexity index is 484. The minimum atomic E-state index is 0.541. The number of methoxy groups -OCH3 is 1. The molecule has 0 spiro atoms. The van der Waals surface area contributed by atoms with Gasteiger partial charge in [-0.05, 0) is 17.7 Å². The molecule has 3 N–H and O–H groups in total. The molecule has 88 valence electrons. The van der Waals surface area contributed by atoms with Gasteiger partial charge in [-0.15, -0.1) is 0 Å². The van der Waals surface area contributed by atoms with Gasteiger partial charge < -0.3 is 15.8 Å². The largest absolute Gasteiger partial charge is 0.481 e. The van der Waals surface area contributed by atoms with Crippen LogP contribution < -0.4 is 15.8 Å². The van der Waals surface area contributed by atoms with Gasteiger partial charge in [-0.1, -0.05) is 12.1 Å². The highest BCUT2D eigenvalue weighted by Gasteiger charge is 1.98. The van der Waals surface area contributed by atoms with Crippen molar-refractivity contribution in [1.29, 1.82) is 0 Å². The van der Waals surface area contributed by atoms with Crippen molar-refractivity contribution in [2.45, 2.75) is 6.54 Å². The van der Waals surface area contributed by atoms with E-state index in [1.54, 1.807) is 13.2 Å². The Balaban J connectivity index is 1.99. The number of nitrogen functional groups attached to an aromatic ring is 1. The lowest BCUT2D eigenvalue weighted by atomic mass is 10.2. The number of anilines is 2. The molecule has 1 aromatic carbocycles. The molecule has 0 aliphatic carbocycles. The lowest BCUT2D eigenvalue weighted by Gasteiger charge is -2.06. The Morgan fingerprint density at radius 3 is 2.71 bits per heavy atom. The molecule has 0 aliphatic heterocycles. The van der Waals surface area contributed by atoms with Crippen LogP contribution in [-0.2, 0) is 6.54 Å². The predicted octanol–water partition coefficient (Wildman–Crippen LogP) is 1.68. The average Bonchev–Trinajstić information content (AvgIpc) is 2.38. The number of hydrogen-bond acceptors (Lipinski definition) is 5. The van der Waals surface area contributed by atoms with E-state index in [9.17, 15) is 0 Å². The average molecular weight is 230 g/mol. The third-order valence-electron chi connectivity index (χ3n) is 2.30. The van der Waals surface area contributed by atoms with Crippen molar-refractivity contribution in [2.24, 2.45) is 0 Å². The van der Waals surface area contributed by atoms with Crippen LogP contribution in [0.15, 0.2) is 36.7 Å². The van der Waals surface area contributed by atoms with Crippen LogP contribution in [0.3, 0.4) is 0 Å². The van der Waals surface area contributed by atoms with Crippen LogP contribution in [0.1, 0.15) is 5.56 Å². The summed E-state index contributed by atoms with van der Waals surface area (Å²) in [4.78, 5) is 8.03. The number of benzene rings is 1. The summed E-state index contributed by atoms with van der Waals surface area (Å²) in [5.41, 5.74) is 7.51. The maximum atomic E-state index is 5.61. The van der Waals surface area contributed by atoms with Gasteiger partial charge in [0.2, 0.25) is 5.88 Å². The Morgan fingerprint density at radius 1 is 1.24 bits per heavy atom. The summed E-state index contributed by atoms with van der Waals surface area (Å²) in [6.07, 6.45) is 1.46. The first-order chi connectivity index (χ1) is 8.28. The summed E-state index contributed by atoms with van der Waals surface area (Å²) in [5.74, 6) is 1.27. The molecule has 0 unspecified atom stereocenters. The molecule has 2 aromatic rings. The van der Waals surface area contributed by atoms with Crippen LogP contribution in [-0.4, -0.2) is 17.1 Å². The number of nitrogens with zero attached hydrogens (tertiary/aromatic N) is 2.